The highest BCUT2D eigenvalue weighted by molar-refractivity contribution is 5.88. The highest BCUT2D eigenvalue weighted by Crippen LogP contribution is 2.22. The first kappa shape index (κ1) is 17.2. The van der Waals surface area contributed by atoms with Crippen LogP contribution in [-0.4, -0.2) is 32.5 Å². The van der Waals surface area contributed by atoms with Gasteiger partial charge in [0.1, 0.15) is 11.3 Å². The maximum Gasteiger partial charge on any atom is 0.387 e. The molecule has 0 fully saturated rings. The van der Waals surface area contributed by atoms with E-state index >= 15 is 0 Å². The molecule has 0 unspecified atom stereocenters. The standard InChI is InChI=1S/C17H11F2N3O4/c18-17(19)26-12-5-3-10(4-6-12)14-8-13(16(24)25)15(23)22(21-14)11-2-1-7-20-9-11/h1-9,17H,(H,24,25). The molecule has 0 aliphatic carbocycles. The number of hydrogen-bond acceptors (Lipinski definition) is 5. The molecular weight excluding hydrogens is 348 g/mol. The lowest BCUT2D eigenvalue weighted by Gasteiger charge is -2.10. The van der Waals surface area contributed by atoms with Crippen LogP contribution in [0.25, 0.3) is 16.9 Å². The number of nitrogens with zero attached hydrogens (tertiary/aromatic N) is 3. The van der Waals surface area contributed by atoms with E-state index in [1.807, 2.05) is 0 Å². The number of halogens is 2. The van der Waals surface area contributed by atoms with Crippen LogP contribution in [0.4, 0.5) is 8.78 Å². The van der Waals surface area contributed by atoms with E-state index in [9.17, 15) is 23.5 Å². The van der Waals surface area contributed by atoms with Gasteiger partial charge in [-0.1, -0.05) is 0 Å². The van der Waals surface area contributed by atoms with Gasteiger partial charge in [-0.25, -0.2) is 4.79 Å². The van der Waals surface area contributed by atoms with Crippen molar-refractivity contribution in [2.45, 2.75) is 6.61 Å². The number of carbonyl (C=O) groups is 1. The van der Waals surface area contributed by atoms with Gasteiger partial charge >= 0.3 is 12.6 Å². The van der Waals surface area contributed by atoms with E-state index in [1.54, 1.807) is 12.1 Å². The van der Waals surface area contributed by atoms with E-state index in [0.29, 0.717) is 11.3 Å². The van der Waals surface area contributed by atoms with Gasteiger partial charge < -0.3 is 9.84 Å². The molecule has 2 aromatic heterocycles. The minimum atomic E-state index is -2.95. The van der Waals surface area contributed by atoms with Gasteiger partial charge in [-0.3, -0.25) is 9.78 Å². The van der Waals surface area contributed by atoms with Crippen LogP contribution in [0.15, 0.2) is 59.7 Å². The van der Waals surface area contributed by atoms with Gasteiger partial charge in [0.05, 0.1) is 17.6 Å². The summed E-state index contributed by atoms with van der Waals surface area (Å²) in [4.78, 5) is 27.6. The summed E-state index contributed by atoms with van der Waals surface area (Å²) < 4.78 is 29.6. The molecule has 0 spiro atoms. The zero-order valence-corrected chi connectivity index (χ0v) is 13.0. The van der Waals surface area contributed by atoms with E-state index in [4.69, 9.17) is 0 Å². The molecule has 26 heavy (non-hydrogen) atoms. The average Bonchev–Trinajstić information content (AvgIpc) is 2.62. The van der Waals surface area contributed by atoms with Gasteiger partial charge in [0.2, 0.25) is 0 Å². The molecule has 0 amide bonds. The van der Waals surface area contributed by atoms with Gasteiger partial charge in [0, 0.05) is 11.8 Å². The summed E-state index contributed by atoms with van der Waals surface area (Å²) in [7, 11) is 0. The first-order valence-electron chi connectivity index (χ1n) is 7.29. The number of rotatable bonds is 5. The predicted octanol–water partition coefficient (Wildman–Crippen LogP) is 2.59. The van der Waals surface area contributed by atoms with Crippen molar-refractivity contribution in [2.24, 2.45) is 0 Å². The van der Waals surface area contributed by atoms with E-state index in [0.717, 1.165) is 10.7 Å². The molecule has 0 bridgehead atoms. The number of aromatic nitrogens is 3. The maximum absolute atomic E-state index is 12.4. The van der Waals surface area contributed by atoms with Crippen molar-refractivity contribution in [1.82, 2.24) is 14.8 Å². The molecule has 0 radical (unpaired) electrons. The van der Waals surface area contributed by atoms with E-state index in [-0.39, 0.29) is 11.4 Å². The third kappa shape index (κ3) is 3.56. The second-order valence-electron chi connectivity index (χ2n) is 5.08. The molecule has 2 heterocycles. The van der Waals surface area contributed by atoms with Gasteiger partial charge in [0.15, 0.2) is 0 Å². The Morgan fingerprint density at radius 3 is 2.50 bits per heavy atom. The number of hydrogen-bond donors (Lipinski definition) is 1. The smallest absolute Gasteiger partial charge is 0.387 e. The summed E-state index contributed by atoms with van der Waals surface area (Å²) in [6, 6.07) is 9.71. The van der Waals surface area contributed by atoms with Crippen LogP contribution in [0.2, 0.25) is 0 Å². The molecule has 0 saturated heterocycles. The number of ether oxygens (including phenoxy) is 1. The lowest BCUT2D eigenvalue weighted by Crippen LogP contribution is -2.27. The number of benzene rings is 1. The zero-order chi connectivity index (χ0) is 18.7. The van der Waals surface area contributed by atoms with E-state index in [1.165, 1.54) is 36.7 Å². The summed E-state index contributed by atoms with van der Waals surface area (Å²) in [6.45, 7) is -2.95. The monoisotopic (exact) mass is 359 g/mol. The molecule has 3 aromatic rings. The SMILES string of the molecule is O=C(O)c1cc(-c2ccc(OC(F)F)cc2)nn(-c2cccnc2)c1=O. The quantitative estimate of drug-likeness (QED) is 0.752. The topological polar surface area (TPSA) is 94.3 Å². The molecule has 3 rings (SSSR count). The van der Waals surface area contributed by atoms with Gasteiger partial charge in [0.25, 0.3) is 5.56 Å². The van der Waals surface area contributed by atoms with E-state index in [2.05, 4.69) is 14.8 Å². The van der Waals surface area contributed by atoms with Gasteiger partial charge in [-0.2, -0.15) is 18.6 Å². The molecular formula is C17H11F2N3O4. The minimum absolute atomic E-state index is 0.0530. The summed E-state index contributed by atoms with van der Waals surface area (Å²) in [5.74, 6) is -1.46. The second kappa shape index (κ2) is 7.09. The summed E-state index contributed by atoms with van der Waals surface area (Å²) in [5.41, 5.74) is -0.403. The average molecular weight is 359 g/mol. The Bertz CT molecular complexity index is 989. The fraction of sp³-hybridized carbons (Fsp3) is 0.0588. The maximum atomic E-state index is 12.4. The van der Waals surface area contributed by atoms with Crippen LogP contribution in [-0.2, 0) is 0 Å². The van der Waals surface area contributed by atoms with Crippen molar-refractivity contribution in [3.8, 4) is 22.7 Å². The highest BCUT2D eigenvalue weighted by Gasteiger charge is 2.17. The summed E-state index contributed by atoms with van der Waals surface area (Å²) in [6.07, 6.45) is 2.86. The van der Waals surface area contributed by atoms with Crippen LogP contribution < -0.4 is 10.3 Å². The molecule has 1 N–H and O–H groups in total. The number of alkyl halides is 2. The molecule has 1 aromatic carbocycles. The van der Waals surface area contributed by atoms with Crippen LogP contribution in [0, 0.1) is 0 Å². The summed E-state index contributed by atoms with van der Waals surface area (Å²) in [5, 5.41) is 13.4. The largest absolute Gasteiger partial charge is 0.477 e. The minimum Gasteiger partial charge on any atom is -0.477 e. The third-order valence-electron chi connectivity index (χ3n) is 3.41. The zero-order valence-electron chi connectivity index (χ0n) is 13.0. The predicted molar refractivity (Wildman–Crippen MR) is 86.7 cm³/mol. The molecule has 0 saturated carbocycles. The normalized spacial score (nSPS) is 10.7. The highest BCUT2D eigenvalue weighted by atomic mass is 19.3. The van der Waals surface area contributed by atoms with Crippen molar-refractivity contribution < 1.29 is 23.4 Å². The molecule has 9 heteroatoms. The summed E-state index contributed by atoms with van der Waals surface area (Å²) >= 11 is 0. The molecule has 0 aliphatic heterocycles. The third-order valence-corrected chi connectivity index (χ3v) is 3.41. The Morgan fingerprint density at radius 1 is 1.19 bits per heavy atom. The fourth-order valence-electron chi connectivity index (χ4n) is 2.25. The fourth-order valence-corrected chi connectivity index (χ4v) is 2.25. The Morgan fingerprint density at radius 2 is 1.92 bits per heavy atom. The number of pyridine rings is 1. The van der Waals surface area contributed by atoms with Gasteiger partial charge in [-0.15, -0.1) is 0 Å². The first-order chi connectivity index (χ1) is 12.5. The molecule has 7 nitrogen and oxygen atoms in total. The Hall–Kier alpha value is -3.62. The Labute approximate surface area is 145 Å². The molecule has 0 atom stereocenters. The number of carboxylic acids is 1. The van der Waals surface area contributed by atoms with Crippen LogP contribution >= 0.6 is 0 Å². The van der Waals surface area contributed by atoms with Crippen LogP contribution in [0.1, 0.15) is 10.4 Å². The molecule has 132 valence electrons. The Balaban J connectivity index is 2.11. The lowest BCUT2D eigenvalue weighted by molar-refractivity contribution is -0.0498. The van der Waals surface area contributed by atoms with Gasteiger partial charge in [-0.05, 0) is 42.5 Å². The van der Waals surface area contributed by atoms with Crippen LogP contribution in [0.3, 0.4) is 0 Å². The number of aromatic carboxylic acids is 1. The Kier molecular flexibility index (Phi) is 4.70. The van der Waals surface area contributed by atoms with Crippen molar-refractivity contribution in [3.63, 3.8) is 0 Å². The van der Waals surface area contributed by atoms with Crippen LogP contribution in [0.5, 0.6) is 5.75 Å². The lowest BCUT2D eigenvalue weighted by atomic mass is 10.1. The first-order valence-corrected chi connectivity index (χ1v) is 7.29. The van der Waals surface area contributed by atoms with E-state index < -0.39 is 23.7 Å². The van der Waals surface area contributed by atoms with Crippen molar-refractivity contribution in [1.29, 1.82) is 0 Å². The van der Waals surface area contributed by atoms with Crippen molar-refractivity contribution in [2.75, 3.05) is 0 Å². The number of carboxylic acid groups (broad SMARTS) is 1. The second-order valence-corrected chi connectivity index (χ2v) is 5.08. The van der Waals surface area contributed by atoms with Crippen molar-refractivity contribution >= 4 is 5.97 Å². The van der Waals surface area contributed by atoms with Crippen molar-refractivity contribution in [3.05, 3.63) is 70.8 Å². The molecule has 0 aliphatic rings.